The van der Waals surface area contributed by atoms with Gasteiger partial charge in [0.25, 0.3) is 0 Å². The first kappa shape index (κ1) is 21.4. The summed E-state index contributed by atoms with van der Waals surface area (Å²) >= 11 is 0. The van der Waals surface area contributed by atoms with Gasteiger partial charge < -0.3 is 23.8 Å². The molecule has 3 aliphatic heterocycles. The van der Waals surface area contributed by atoms with Gasteiger partial charge in [-0.05, 0) is 24.6 Å². The van der Waals surface area contributed by atoms with E-state index in [0.717, 1.165) is 31.1 Å². The number of aromatic nitrogens is 2. The Kier molecular flexibility index (Phi) is 5.75. The largest absolute Gasteiger partial charge is 0.490 e. The van der Waals surface area contributed by atoms with Gasteiger partial charge >= 0.3 is 12.1 Å². The highest BCUT2D eigenvalue weighted by Crippen LogP contribution is 2.40. The standard InChI is InChI=1S/C17H19N3O4.C2HF3O2/c1-10-18-17(24-19-10)13-8-21-16-7-20(6-12(13)16)5-11-2-3-14-15(4-11)23-9-22-14;3-2(4,5)1(6)7/h2-4,12-13,16H,5-9H2,1H3;(H,6,7)/t12-,13+,16-;/m1./s1. The maximum atomic E-state index is 10.6. The number of carbonyl (C=O) groups is 1. The number of hydrogen-bond acceptors (Lipinski definition) is 8. The summed E-state index contributed by atoms with van der Waals surface area (Å²) in [5, 5.41) is 11.0. The average Bonchev–Trinajstić information content (AvgIpc) is 3.45. The van der Waals surface area contributed by atoms with Crippen molar-refractivity contribution in [2.75, 3.05) is 26.5 Å². The van der Waals surface area contributed by atoms with Gasteiger partial charge in [0.15, 0.2) is 17.3 Å². The third-order valence-corrected chi connectivity index (χ3v) is 5.34. The normalized spacial score (nSPS) is 24.6. The van der Waals surface area contributed by atoms with Gasteiger partial charge in [0, 0.05) is 25.6 Å². The lowest BCUT2D eigenvalue weighted by molar-refractivity contribution is -0.192. The van der Waals surface area contributed by atoms with Crippen molar-refractivity contribution in [3.63, 3.8) is 0 Å². The average molecular weight is 443 g/mol. The number of aliphatic carboxylic acids is 1. The van der Waals surface area contributed by atoms with Crippen LogP contribution in [0.5, 0.6) is 11.5 Å². The molecule has 1 aromatic heterocycles. The number of carboxylic acids is 1. The van der Waals surface area contributed by atoms with Crippen molar-refractivity contribution in [3.8, 4) is 11.5 Å². The van der Waals surface area contributed by atoms with Gasteiger partial charge in [-0.3, -0.25) is 4.90 Å². The van der Waals surface area contributed by atoms with Crippen LogP contribution in [0.1, 0.15) is 23.2 Å². The minimum absolute atomic E-state index is 0.206. The second-order valence-electron chi connectivity index (χ2n) is 7.51. The van der Waals surface area contributed by atoms with Crippen LogP contribution >= 0.6 is 0 Å². The zero-order chi connectivity index (χ0) is 22.2. The molecule has 4 heterocycles. The molecule has 0 spiro atoms. The highest BCUT2D eigenvalue weighted by molar-refractivity contribution is 5.73. The fourth-order valence-electron chi connectivity index (χ4n) is 3.94. The molecule has 9 nitrogen and oxygen atoms in total. The molecule has 168 valence electrons. The molecule has 2 saturated heterocycles. The molecule has 1 aromatic carbocycles. The lowest BCUT2D eigenvalue weighted by Crippen LogP contribution is -2.23. The van der Waals surface area contributed by atoms with Crippen LogP contribution in [-0.4, -0.2) is 64.9 Å². The number of aryl methyl sites for hydroxylation is 1. The van der Waals surface area contributed by atoms with Gasteiger partial charge in [0.2, 0.25) is 12.7 Å². The Hall–Kier alpha value is -2.86. The summed E-state index contributed by atoms with van der Waals surface area (Å²) in [6, 6.07) is 6.15. The molecule has 1 N–H and O–H groups in total. The predicted octanol–water partition coefficient (Wildman–Crippen LogP) is 2.35. The summed E-state index contributed by atoms with van der Waals surface area (Å²) in [5.74, 6) is 0.924. The van der Waals surface area contributed by atoms with E-state index in [1.807, 2.05) is 13.0 Å². The number of likely N-dealkylation sites (tertiary alicyclic amines) is 1. The monoisotopic (exact) mass is 443 g/mol. The molecule has 0 amide bonds. The van der Waals surface area contributed by atoms with Gasteiger partial charge in [0.05, 0.1) is 18.6 Å². The third kappa shape index (κ3) is 4.74. The van der Waals surface area contributed by atoms with Gasteiger partial charge in [-0.1, -0.05) is 11.2 Å². The number of nitrogens with zero attached hydrogens (tertiary/aromatic N) is 3. The topological polar surface area (TPSA) is 107 Å². The second-order valence-corrected chi connectivity index (χ2v) is 7.51. The molecule has 0 aliphatic carbocycles. The number of benzene rings is 1. The summed E-state index contributed by atoms with van der Waals surface area (Å²) in [5.41, 5.74) is 1.23. The Bertz CT molecular complexity index is 950. The second kappa shape index (κ2) is 8.35. The first-order valence-electron chi connectivity index (χ1n) is 9.53. The quantitative estimate of drug-likeness (QED) is 0.765. The van der Waals surface area contributed by atoms with E-state index >= 15 is 0 Å². The van der Waals surface area contributed by atoms with Crippen LogP contribution in [-0.2, 0) is 16.1 Å². The van der Waals surface area contributed by atoms with E-state index in [1.165, 1.54) is 5.56 Å². The van der Waals surface area contributed by atoms with E-state index in [4.69, 9.17) is 28.6 Å². The van der Waals surface area contributed by atoms with Crippen molar-refractivity contribution >= 4 is 5.97 Å². The zero-order valence-corrected chi connectivity index (χ0v) is 16.5. The van der Waals surface area contributed by atoms with Crippen LogP contribution in [0.15, 0.2) is 22.7 Å². The Balaban J connectivity index is 0.000000289. The highest BCUT2D eigenvalue weighted by atomic mass is 19.4. The molecule has 0 bridgehead atoms. The number of ether oxygens (including phenoxy) is 3. The van der Waals surface area contributed by atoms with Crippen LogP contribution in [0.25, 0.3) is 0 Å². The minimum atomic E-state index is -5.08. The van der Waals surface area contributed by atoms with Crippen molar-refractivity contribution in [2.24, 2.45) is 5.92 Å². The van der Waals surface area contributed by atoms with Crippen molar-refractivity contribution in [1.29, 1.82) is 0 Å². The molecule has 3 atom stereocenters. The minimum Gasteiger partial charge on any atom is -0.475 e. The highest BCUT2D eigenvalue weighted by Gasteiger charge is 2.46. The van der Waals surface area contributed by atoms with Gasteiger partial charge in [0.1, 0.15) is 0 Å². The van der Waals surface area contributed by atoms with Gasteiger partial charge in [-0.15, -0.1) is 0 Å². The van der Waals surface area contributed by atoms with Crippen molar-refractivity contribution in [2.45, 2.75) is 31.7 Å². The molecule has 5 rings (SSSR count). The van der Waals surface area contributed by atoms with Crippen molar-refractivity contribution < 1.29 is 41.8 Å². The van der Waals surface area contributed by atoms with Crippen LogP contribution in [0.4, 0.5) is 13.2 Å². The molecule has 3 aliphatic rings. The van der Waals surface area contributed by atoms with Crippen LogP contribution in [0.3, 0.4) is 0 Å². The summed E-state index contributed by atoms with van der Waals surface area (Å²) in [6.07, 6.45) is -4.84. The van der Waals surface area contributed by atoms with Crippen molar-refractivity contribution in [1.82, 2.24) is 15.0 Å². The van der Waals surface area contributed by atoms with Gasteiger partial charge in [-0.25, -0.2) is 4.79 Å². The van der Waals surface area contributed by atoms with E-state index in [1.54, 1.807) is 0 Å². The first-order chi connectivity index (χ1) is 14.7. The Morgan fingerprint density at radius 3 is 2.68 bits per heavy atom. The number of carboxylic acid groups (broad SMARTS) is 1. The molecule has 12 heteroatoms. The van der Waals surface area contributed by atoms with Crippen molar-refractivity contribution in [3.05, 3.63) is 35.5 Å². The maximum Gasteiger partial charge on any atom is 0.490 e. The van der Waals surface area contributed by atoms with E-state index in [0.29, 0.717) is 31.0 Å². The molecule has 2 fully saturated rings. The van der Waals surface area contributed by atoms with Crippen LogP contribution < -0.4 is 9.47 Å². The van der Waals surface area contributed by atoms with Crippen LogP contribution in [0.2, 0.25) is 0 Å². The van der Waals surface area contributed by atoms with Crippen LogP contribution in [0, 0.1) is 12.8 Å². The maximum absolute atomic E-state index is 10.6. The predicted molar refractivity (Wildman–Crippen MR) is 96.5 cm³/mol. The molecule has 2 aromatic rings. The molecule has 31 heavy (non-hydrogen) atoms. The number of fused-ring (bicyclic) bond motifs is 2. The van der Waals surface area contributed by atoms with E-state index in [2.05, 4.69) is 27.2 Å². The first-order valence-corrected chi connectivity index (χ1v) is 9.53. The SMILES string of the molecule is Cc1noc([C@H]2CO[C@@H]3CN(Cc4ccc5c(c4)OCO5)C[C@H]23)n1.O=C(O)C(F)(F)F. The van der Waals surface area contributed by atoms with E-state index in [-0.39, 0.29) is 12.0 Å². The number of alkyl halides is 3. The van der Waals surface area contributed by atoms with Gasteiger partial charge in [-0.2, -0.15) is 18.2 Å². The van der Waals surface area contributed by atoms with E-state index < -0.39 is 12.1 Å². The summed E-state index contributed by atoms with van der Waals surface area (Å²) in [6.45, 7) is 5.62. The number of hydrogen-bond donors (Lipinski definition) is 1. The van der Waals surface area contributed by atoms with E-state index in [9.17, 15) is 13.2 Å². The lowest BCUT2D eigenvalue weighted by atomic mass is 9.93. The number of halogens is 3. The Morgan fingerprint density at radius 1 is 1.26 bits per heavy atom. The number of rotatable bonds is 3. The Labute approximate surface area is 174 Å². The summed E-state index contributed by atoms with van der Waals surface area (Å²) < 4.78 is 53.9. The fourth-order valence-corrected chi connectivity index (χ4v) is 3.94. The molecule has 0 radical (unpaired) electrons. The lowest BCUT2D eigenvalue weighted by Gasteiger charge is -2.18. The molecule has 0 saturated carbocycles. The summed E-state index contributed by atoms with van der Waals surface area (Å²) in [4.78, 5) is 15.7. The molecular weight excluding hydrogens is 423 g/mol. The summed E-state index contributed by atoms with van der Waals surface area (Å²) in [7, 11) is 0. The Morgan fingerprint density at radius 2 is 2.00 bits per heavy atom. The smallest absolute Gasteiger partial charge is 0.475 e. The third-order valence-electron chi connectivity index (χ3n) is 5.34. The fraction of sp³-hybridized carbons (Fsp3) is 0.526. The molecular formula is C19H20F3N3O6. The zero-order valence-electron chi connectivity index (χ0n) is 16.5. The molecule has 0 unspecified atom stereocenters.